The zero-order chi connectivity index (χ0) is 9.47. The third-order valence-electron chi connectivity index (χ3n) is 3.75. The lowest BCUT2D eigenvalue weighted by Crippen LogP contribution is -2.48. The molecule has 2 unspecified atom stereocenters. The number of carbonyl (C=O) groups is 1. The largest absolute Gasteiger partial charge is 0.385 e. The Labute approximate surface area is 78.6 Å². The third kappa shape index (κ3) is 1.24. The van der Waals surface area contributed by atoms with Crippen molar-refractivity contribution in [1.82, 2.24) is 0 Å². The maximum atomic E-state index is 11.4. The number of carbonyl (C=O) groups excluding carboxylic acids is 1. The second-order valence-corrected chi connectivity index (χ2v) is 4.52. The summed E-state index contributed by atoms with van der Waals surface area (Å²) in [5.74, 6) is 0.541. The van der Waals surface area contributed by atoms with Gasteiger partial charge in [-0.25, -0.2) is 0 Å². The first kappa shape index (κ1) is 8.95. The summed E-state index contributed by atoms with van der Waals surface area (Å²) in [6, 6.07) is 0. The Morgan fingerprint density at radius 3 is 3.08 bits per heavy atom. The molecule has 0 radical (unpaired) electrons. The molecule has 2 aliphatic rings. The van der Waals surface area contributed by atoms with Crippen LogP contribution >= 0.6 is 0 Å². The first-order valence-electron chi connectivity index (χ1n) is 5.00. The van der Waals surface area contributed by atoms with Gasteiger partial charge in [-0.1, -0.05) is 19.1 Å². The van der Waals surface area contributed by atoms with E-state index in [2.05, 4.69) is 12.2 Å². The molecule has 2 heteroatoms. The summed E-state index contributed by atoms with van der Waals surface area (Å²) in [6.07, 6.45) is 6.95. The maximum absolute atomic E-state index is 11.4. The molecule has 72 valence electrons. The molecular formula is C11H16O2. The van der Waals surface area contributed by atoms with Crippen molar-refractivity contribution < 1.29 is 9.90 Å². The molecule has 0 aromatic carbocycles. The van der Waals surface area contributed by atoms with Crippen molar-refractivity contribution in [3.8, 4) is 0 Å². The van der Waals surface area contributed by atoms with Gasteiger partial charge in [0.2, 0.25) is 0 Å². The number of allylic oxidation sites excluding steroid dienone is 2. The van der Waals surface area contributed by atoms with Crippen LogP contribution in [0.1, 0.15) is 32.6 Å². The number of ketones is 1. The highest BCUT2D eigenvalue weighted by Crippen LogP contribution is 2.46. The van der Waals surface area contributed by atoms with Crippen molar-refractivity contribution in [2.24, 2.45) is 11.3 Å². The van der Waals surface area contributed by atoms with E-state index < -0.39 is 6.10 Å². The monoisotopic (exact) mass is 180 g/mol. The first-order valence-corrected chi connectivity index (χ1v) is 5.00. The van der Waals surface area contributed by atoms with E-state index in [0.29, 0.717) is 12.3 Å². The van der Waals surface area contributed by atoms with Gasteiger partial charge in [-0.3, -0.25) is 4.79 Å². The van der Waals surface area contributed by atoms with Crippen LogP contribution in [0.5, 0.6) is 0 Å². The van der Waals surface area contributed by atoms with Crippen LogP contribution in [0.2, 0.25) is 0 Å². The molecule has 2 rings (SSSR count). The quantitative estimate of drug-likeness (QED) is 0.576. The highest BCUT2D eigenvalue weighted by molar-refractivity contribution is 5.84. The van der Waals surface area contributed by atoms with Crippen molar-refractivity contribution in [1.29, 1.82) is 0 Å². The second kappa shape index (κ2) is 2.95. The van der Waals surface area contributed by atoms with Gasteiger partial charge in [-0.2, -0.15) is 0 Å². The van der Waals surface area contributed by atoms with Gasteiger partial charge in [0.05, 0.1) is 0 Å². The summed E-state index contributed by atoms with van der Waals surface area (Å²) in [7, 11) is 0. The Kier molecular flexibility index (Phi) is 2.03. The zero-order valence-electron chi connectivity index (χ0n) is 7.99. The van der Waals surface area contributed by atoms with Crippen LogP contribution in [0, 0.1) is 11.3 Å². The molecule has 1 fully saturated rings. The van der Waals surface area contributed by atoms with Crippen LogP contribution in [0.15, 0.2) is 12.2 Å². The standard InChI is InChI=1S/C11H16O2/c1-11-7-3-2-4-8(11)5-6-9(12)10(11)13/h2-3,8,10,13H,4-7H2,1H3/t8?,10-,11?/m0/s1. The third-order valence-corrected chi connectivity index (χ3v) is 3.75. The summed E-state index contributed by atoms with van der Waals surface area (Å²) in [4.78, 5) is 11.4. The topological polar surface area (TPSA) is 37.3 Å². The van der Waals surface area contributed by atoms with Crippen molar-refractivity contribution in [2.75, 3.05) is 0 Å². The lowest BCUT2D eigenvalue weighted by Gasteiger charge is -2.45. The number of aliphatic hydroxyl groups is 1. The minimum atomic E-state index is -0.726. The molecule has 3 atom stereocenters. The molecule has 13 heavy (non-hydrogen) atoms. The van der Waals surface area contributed by atoms with Crippen LogP contribution in [-0.4, -0.2) is 17.0 Å². The van der Waals surface area contributed by atoms with Gasteiger partial charge in [0.25, 0.3) is 0 Å². The highest BCUT2D eigenvalue weighted by Gasteiger charge is 2.46. The Morgan fingerprint density at radius 1 is 1.54 bits per heavy atom. The average molecular weight is 180 g/mol. The molecule has 1 saturated carbocycles. The summed E-state index contributed by atoms with van der Waals surface area (Å²) in [5, 5.41) is 9.85. The SMILES string of the molecule is CC12CC=CCC1CCC(=O)[C@@H]2O. The van der Waals surface area contributed by atoms with Gasteiger partial charge in [-0.15, -0.1) is 0 Å². The molecule has 0 heterocycles. The molecule has 0 aliphatic heterocycles. The van der Waals surface area contributed by atoms with Gasteiger partial charge in [0.1, 0.15) is 6.10 Å². The molecule has 1 N–H and O–H groups in total. The summed E-state index contributed by atoms with van der Waals surface area (Å²) < 4.78 is 0. The van der Waals surface area contributed by atoms with Crippen LogP contribution in [-0.2, 0) is 4.79 Å². The van der Waals surface area contributed by atoms with Gasteiger partial charge in [0.15, 0.2) is 5.78 Å². The first-order chi connectivity index (χ1) is 6.14. The Morgan fingerprint density at radius 2 is 2.31 bits per heavy atom. The predicted octanol–water partition coefficient (Wildman–Crippen LogP) is 1.68. The normalized spacial score (nSPS) is 44.6. The van der Waals surface area contributed by atoms with E-state index in [1.54, 1.807) is 0 Å². The lowest BCUT2D eigenvalue weighted by atomic mass is 9.60. The van der Waals surface area contributed by atoms with E-state index in [9.17, 15) is 9.90 Å². The fourth-order valence-corrected chi connectivity index (χ4v) is 2.64. The molecule has 2 nitrogen and oxygen atoms in total. The molecule has 0 aromatic heterocycles. The number of fused-ring (bicyclic) bond motifs is 1. The number of aliphatic hydroxyl groups excluding tert-OH is 1. The van der Waals surface area contributed by atoms with Crippen LogP contribution < -0.4 is 0 Å². The van der Waals surface area contributed by atoms with E-state index in [1.807, 2.05) is 6.92 Å². The van der Waals surface area contributed by atoms with E-state index >= 15 is 0 Å². The van der Waals surface area contributed by atoms with Crippen molar-refractivity contribution >= 4 is 5.78 Å². The maximum Gasteiger partial charge on any atom is 0.161 e. The second-order valence-electron chi connectivity index (χ2n) is 4.52. The molecule has 0 bridgehead atoms. The van der Waals surface area contributed by atoms with E-state index in [1.165, 1.54) is 0 Å². The van der Waals surface area contributed by atoms with Gasteiger partial charge in [0, 0.05) is 11.8 Å². The Bertz CT molecular complexity index is 257. The number of Topliss-reactive ketones (excluding diaryl/α,β-unsaturated/α-hetero) is 1. The molecule has 0 amide bonds. The van der Waals surface area contributed by atoms with E-state index in [0.717, 1.165) is 19.3 Å². The molecule has 0 spiro atoms. The smallest absolute Gasteiger partial charge is 0.161 e. The average Bonchev–Trinajstić information content (AvgIpc) is 2.13. The van der Waals surface area contributed by atoms with E-state index in [-0.39, 0.29) is 11.2 Å². The lowest BCUT2D eigenvalue weighted by molar-refractivity contribution is -0.143. The zero-order valence-corrected chi connectivity index (χ0v) is 7.99. The van der Waals surface area contributed by atoms with Crippen molar-refractivity contribution in [2.45, 2.75) is 38.7 Å². The molecule has 0 saturated heterocycles. The van der Waals surface area contributed by atoms with Crippen LogP contribution in [0.25, 0.3) is 0 Å². The summed E-state index contributed by atoms with van der Waals surface area (Å²) in [5.41, 5.74) is -0.177. The minimum absolute atomic E-state index is 0.0362. The summed E-state index contributed by atoms with van der Waals surface area (Å²) >= 11 is 0. The number of hydrogen-bond donors (Lipinski definition) is 1. The van der Waals surface area contributed by atoms with Gasteiger partial charge in [-0.05, 0) is 25.2 Å². The molecular weight excluding hydrogens is 164 g/mol. The highest BCUT2D eigenvalue weighted by atomic mass is 16.3. The number of rotatable bonds is 0. The fraction of sp³-hybridized carbons (Fsp3) is 0.727. The minimum Gasteiger partial charge on any atom is -0.385 e. The van der Waals surface area contributed by atoms with Crippen molar-refractivity contribution in [3.63, 3.8) is 0 Å². The molecule has 0 aromatic rings. The van der Waals surface area contributed by atoms with Crippen LogP contribution in [0.4, 0.5) is 0 Å². The van der Waals surface area contributed by atoms with E-state index in [4.69, 9.17) is 0 Å². The van der Waals surface area contributed by atoms with Gasteiger partial charge >= 0.3 is 0 Å². The Hall–Kier alpha value is -0.630. The fourth-order valence-electron chi connectivity index (χ4n) is 2.64. The predicted molar refractivity (Wildman–Crippen MR) is 50.2 cm³/mol. The number of hydrogen-bond acceptors (Lipinski definition) is 2. The van der Waals surface area contributed by atoms with Crippen molar-refractivity contribution in [3.05, 3.63) is 12.2 Å². The summed E-state index contributed by atoms with van der Waals surface area (Å²) in [6.45, 7) is 2.04. The Balaban J connectivity index is 2.28. The van der Waals surface area contributed by atoms with Crippen LogP contribution in [0.3, 0.4) is 0 Å². The van der Waals surface area contributed by atoms with Gasteiger partial charge < -0.3 is 5.11 Å². The molecule has 2 aliphatic carbocycles.